The topological polar surface area (TPSA) is 37.4 Å². The van der Waals surface area contributed by atoms with E-state index in [1.165, 1.54) is 22.5 Å². The predicted molar refractivity (Wildman–Crippen MR) is 72.8 cm³/mol. The molecule has 106 valence electrons. The molecule has 1 aliphatic rings. The molecule has 1 fully saturated rings. The van der Waals surface area contributed by atoms with Crippen molar-refractivity contribution in [3.05, 3.63) is 30.1 Å². The Morgan fingerprint density at radius 2 is 1.84 bits per heavy atom. The van der Waals surface area contributed by atoms with Crippen molar-refractivity contribution >= 4 is 10.0 Å². The van der Waals surface area contributed by atoms with Gasteiger partial charge in [0, 0.05) is 13.1 Å². The molecule has 0 N–H and O–H groups in total. The fourth-order valence-corrected chi connectivity index (χ4v) is 4.37. The Morgan fingerprint density at radius 3 is 2.47 bits per heavy atom. The second-order valence-corrected chi connectivity index (χ2v) is 7.25. The molecule has 2 unspecified atom stereocenters. The lowest BCUT2D eigenvalue weighted by Gasteiger charge is -2.35. The smallest absolute Gasteiger partial charge is 0.207 e. The summed E-state index contributed by atoms with van der Waals surface area (Å²) in [6, 6.07) is 5.53. The lowest BCUT2D eigenvalue weighted by Crippen LogP contribution is -2.42. The summed E-state index contributed by atoms with van der Waals surface area (Å²) >= 11 is 0. The van der Waals surface area contributed by atoms with Gasteiger partial charge in [0.1, 0.15) is 10.7 Å². The summed E-state index contributed by atoms with van der Waals surface area (Å²) in [5, 5.41) is 0. The van der Waals surface area contributed by atoms with Crippen LogP contribution in [0.25, 0.3) is 0 Å². The summed E-state index contributed by atoms with van der Waals surface area (Å²) < 4.78 is 40.0. The third-order valence-corrected chi connectivity index (χ3v) is 5.94. The zero-order valence-electron chi connectivity index (χ0n) is 11.3. The molecule has 2 rings (SSSR count). The molecule has 1 aromatic rings. The van der Waals surface area contributed by atoms with Crippen LogP contribution in [0.15, 0.2) is 29.2 Å². The van der Waals surface area contributed by atoms with Crippen molar-refractivity contribution < 1.29 is 12.8 Å². The van der Waals surface area contributed by atoms with Gasteiger partial charge in [-0.2, -0.15) is 4.31 Å². The van der Waals surface area contributed by atoms with Crippen molar-refractivity contribution in [1.82, 2.24) is 4.31 Å². The summed E-state index contributed by atoms with van der Waals surface area (Å²) in [5.41, 5.74) is 0. The van der Waals surface area contributed by atoms with Gasteiger partial charge in [0.25, 0.3) is 0 Å². The average Bonchev–Trinajstić information content (AvgIpc) is 2.39. The first kappa shape index (κ1) is 14.5. The Hall–Kier alpha value is -0.940. The van der Waals surface area contributed by atoms with Crippen LogP contribution in [0, 0.1) is 11.7 Å². The monoisotopic (exact) mass is 285 g/mol. The van der Waals surface area contributed by atoms with Gasteiger partial charge in [0.05, 0.1) is 0 Å². The molecular weight excluding hydrogens is 265 g/mol. The maximum Gasteiger partial charge on any atom is 0.245 e. The van der Waals surface area contributed by atoms with Crippen LogP contribution in [-0.2, 0) is 10.0 Å². The molecular formula is C14H20FNO2S. The Kier molecular flexibility index (Phi) is 4.26. The van der Waals surface area contributed by atoms with Gasteiger partial charge >= 0.3 is 0 Å². The highest BCUT2D eigenvalue weighted by Crippen LogP contribution is 2.31. The molecule has 3 nitrogen and oxygen atoms in total. The van der Waals surface area contributed by atoms with E-state index in [1.54, 1.807) is 13.1 Å². The number of nitrogens with zero attached hydrogens (tertiary/aromatic N) is 1. The van der Waals surface area contributed by atoms with Crippen LogP contribution in [0.2, 0.25) is 0 Å². The van der Waals surface area contributed by atoms with E-state index in [2.05, 4.69) is 6.92 Å². The fraction of sp³-hybridized carbons (Fsp3) is 0.571. The summed E-state index contributed by atoms with van der Waals surface area (Å²) in [7, 11) is -2.18. The van der Waals surface area contributed by atoms with Gasteiger partial charge < -0.3 is 0 Å². The average molecular weight is 285 g/mol. The van der Waals surface area contributed by atoms with Crippen molar-refractivity contribution in [1.29, 1.82) is 0 Å². The maximum atomic E-state index is 13.7. The van der Waals surface area contributed by atoms with Crippen LogP contribution < -0.4 is 0 Å². The largest absolute Gasteiger partial charge is 0.245 e. The lowest BCUT2D eigenvalue weighted by molar-refractivity contribution is 0.213. The molecule has 2 atom stereocenters. The van der Waals surface area contributed by atoms with Gasteiger partial charge in [-0.1, -0.05) is 31.9 Å². The van der Waals surface area contributed by atoms with Crippen molar-refractivity contribution in [3.63, 3.8) is 0 Å². The Bertz CT molecular complexity index is 544. The molecule has 0 amide bonds. The molecule has 0 radical (unpaired) electrons. The second kappa shape index (κ2) is 5.59. The van der Waals surface area contributed by atoms with Crippen LogP contribution in [0.1, 0.15) is 32.6 Å². The molecule has 0 saturated heterocycles. The van der Waals surface area contributed by atoms with E-state index in [-0.39, 0.29) is 10.9 Å². The minimum Gasteiger partial charge on any atom is -0.207 e. The lowest BCUT2D eigenvalue weighted by atomic mass is 9.86. The standard InChI is InChI=1S/C14H20FNO2S/c1-11-7-3-5-9-13(11)16(2)19(17,18)14-10-6-4-8-12(14)15/h4,6,8,10-11,13H,3,5,7,9H2,1-2H3. The predicted octanol–water partition coefficient (Wildman–Crippen LogP) is 3.02. The van der Waals surface area contributed by atoms with E-state index in [0.717, 1.165) is 25.7 Å². The molecule has 1 aromatic carbocycles. The van der Waals surface area contributed by atoms with Crippen molar-refractivity contribution in [2.24, 2.45) is 5.92 Å². The minimum atomic E-state index is -3.74. The zero-order chi connectivity index (χ0) is 14.0. The number of hydrogen-bond acceptors (Lipinski definition) is 2. The summed E-state index contributed by atoms with van der Waals surface area (Å²) in [6.07, 6.45) is 4.06. The number of sulfonamides is 1. The van der Waals surface area contributed by atoms with Crippen molar-refractivity contribution in [2.75, 3.05) is 7.05 Å². The van der Waals surface area contributed by atoms with Crippen molar-refractivity contribution in [3.8, 4) is 0 Å². The summed E-state index contributed by atoms with van der Waals surface area (Å²) in [6.45, 7) is 2.07. The minimum absolute atomic E-state index is 0.0293. The number of benzene rings is 1. The Morgan fingerprint density at radius 1 is 1.21 bits per heavy atom. The molecule has 19 heavy (non-hydrogen) atoms. The van der Waals surface area contributed by atoms with Gasteiger partial charge in [-0.15, -0.1) is 0 Å². The van der Waals surface area contributed by atoms with E-state index in [9.17, 15) is 12.8 Å². The molecule has 1 aliphatic carbocycles. The first-order valence-corrected chi connectivity index (χ1v) is 8.11. The highest BCUT2D eigenvalue weighted by Gasteiger charge is 2.34. The molecule has 0 spiro atoms. The van der Waals surface area contributed by atoms with Crippen LogP contribution in [-0.4, -0.2) is 25.8 Å². The van der Waals surface area contributed by atoms with Crippen LogP contribution >= 0.6 is 0 Å². The second-order valence-electron chi connectivity index (χ2n) is 5.28. The molecule has 0 aromatic heterocycles. The van der Waals surface area contributed by atoms with Gasteiger partial charge in [0.2, 0.25) is 10.0 Å². The Balaban J connectivity index is 2.31. The SMILES string of the molecule is CC1CCCCC1N(C)S(=O)(=O)c1ccccc1F. The third kappa shape index (κ3) is 2.82. The first-order chi connectivity index (χ1) is 8.94. The zero-order valence-corrected chi connectivity index (χ0v) is 12.2. The van der Waals surface area contributed by atoms with E-state index in [0.29, 0.717) is 5.92 Å². The summed E-state index contributed by atoms with van der Waals surface area (Å²) in [4.78, 5) is -0.227. The maximum absolute atomic E-state index is 13.7. The molecule has 0 bridgehead atoms. The first-order valence-electron chi connectivity index (χ1n) is 6.67. The molecule has 0 heterocycles. The number of rotatable bonds is 3. The fourth-order valence-electron chi connectivity index (χ4n) is 2.82. The van der Waals surface area contributed by atoms with Crippen LogP contribution in [0.3, 0.4) is 0 Å². The van der Waals surface area contributed by atoms with Gasteiger partial charge in [-0.3, -0.25) is 0 Å². The normalized spacial score (nSPS) is 24.6. The van der Waals surface area contributed by atoms with Crippen LogP contribution in [0.5, 0.6) is 0 Å². The Labute approximate surface area is 114 Å². The highest BCUT2D eigenvalue weighted by atomic mass is 32.2. The van der Waals surface area contributed by atoms with E-state index >= 15 is 0 Å². The van der Waals surface area contributed by atoms with Gasteiger partial charge in [-0.05, 0) is 30.9 Å². The third-order valence-electron chi connectivity index (χ3n) is 4.03. The molecule has 5 heteroatoms. The van der Waals surface area contributed by atoms with Crippen LogP contribution in [0.4, 0.5) is 4.39 Å². The summed E-state index contributed by atoms with van der Waals surface area (Å²) in [5.74, 6) is -0.363. The van der Waals surface area contributed by atoms with Crippen molar-refractivity contribution in [2.45, 2.75) is 43.5 Å². The quantitative estimate of drug-likeness (QED) is 0.856. The van der Waals surface area contributed by atoms with E-state index in [4.69, 9.17) is 0 Å². The van der Waals surface area contributed by atoms with Gasteiger partial charge in [-0.25, -0.2) is 12.8 Å². The molecule has 1 saturated carbocycles. The van der Waals surface area contributed by atoms with Gasteiger partial charge in [0.15, 0.2) is 0 Å². The van der Waals surface area contributed by atoms with E-state index < -0.39 is 15.8 Å². The highest BCUT2D eigenvalue weighted by molar-refractivity contribution is 7.89. The number of halogens is 1. The molecule has 0 aliphatic heterocycles. The number of hydrogen-bond donors (Lipinski definition) is 0. The van der Waals surface area contributed by atoms with E-state index in [1.807, 2.05) is 0 Å².